The van der Waals surface area contributed by atoms with Gasteiger partial charge in [0.25, 0.3) is 0 Å². The van der Waals surface area contributed by atoms with Crippen LogP contribution in [0.5, 0.6) is 0 Å². The normalized spacial score (nSPS) is 17.3. The van der Waals surface area contributed by atoms with Crippen LogP contribution in [0.3, 0.4) is 0 Å². The predicted molar refractivity (Wildman–Crippen MR) is 103 cm³/mol. The molecule has 1 unspecified atom stereocenters. The van der Waals surface area contributed by atoms with E-state index in [2.05, 4.69) is 4.72 Å². The predicted octanol–water partition coefficient (Wildman–Crippen LogP) is 1.87. The maximum atomic E-state index is 12.6. The van der Waals surface area contributed by atoms with Crippen LogP contribution in [0.1, 0.15) is 42.9 Å². The second-order valence-corrected chi connectivity index (χ2v) is 9.16. The van der Waals surface area contributed by atoms with Crippen LogP contribution in [-0.2, 0) is 14.8 Å². The standard InChI is InChI=1S/C19H31N3O3S/c1-13-11-14(2)19(15(3)12-13)26(24,25)21-8-5-18(23)22-9-6-17(7-10-22)16(4)20/h11-12,16-17,21H,5-10,20H2,1-4H3. The molecule has 1 heterocycles. The van der Waals surface area contributed by atoms with E-state index >= 15 is 0 Å². The van der Waals surface area contributed by atoms with Crippen LogP contribution in [0.25, 0.3) is 0 Å². The number of carbonyl (C=O) groups is 1. The molecule has 3 N–H and O–H groups in total. The summed E-state index contributed by atoms with van der Waals surface area (Å²) >= 11 is 0. The highest BCUT2D eigenvalue weighted by Crippen LogP contribution is 2.22. The smallest absolute Gasteiger partial charge is 0.241 e. The molecule has 1 aromatic rings. The summed E-state index contributed by atoms with van der Waals surface area (Å²) < 4.78 is 27.8. The number of amides is 1. The van der Waals surface area contributed by atoms with E-state index in [1.54, 1.807) is 13.8 Å². The molecule has 1 fully saturated rings. The summed E-state index contributed by atoms with van der Waals surface area (Å²) in [7, 11) is -3.62. The number of sulfonamides is 1. The van der Waals surface area contributed by atoms with Gasteiger partial charge >= 0.3 is 0 Å². The zero-order valence-electron chi connectivity index (χ0n) is 16.2. The van der Waals surface area contributed by atoms with E-state index in [0.29, 0.717) is 23.9 Å². The number of nitrogens with two attached hydrogens (primary N) is 1. The van der Waals surface area contributed by atoms with Crippen LogP contribution in [0.4, 0.5) is 0 Å². The van der Waals surface area contributed by atoms with Crippen LogP contribution >= 0.6 is 0 Å². The van der Waals surface area contributed by atoms with E-state index in [4.69, 9.17) is 5.73 Å². The molecule has 2 rings (SSSR count). The molecule has 1 saturated heterocycles. The first-order valence-corrected chi connectivity index (χ1v) is 10.7. The topological polar surface area (TPSA) is 92.5 Å². The highest BCUT2D eigenvalue weighted by atomic mass is 32.2. The average Bonchev–Trinajstić information content (AvgIpc) is 2.53. The van der Waals surface area contributed by atoms with Gasteiger partial charge < -0.3 is 10.6 Å². The Morgan fingerprint density at radius 3 is 2.27 bits per heavy atom. The lowest BCUT2D eigenvalue weighted by Gasteiger charge is -2.33. The largest absolute Gasteiger partial charge is 0.343 e. The molecule has 1 atom stereocenters. The Labute approximate surface area is 157 Å². The van der Waals surface area contributed by atoms with Crippen LogP contribution < -0.4 is 10.5 Å². The van der Waals surface area contributed by atoms with Gasteiger partial charge in [-0.05, 0) is 57.6 Å². The fourth-order valence-electron chi connectivity index (χ4n) is 3.79. The molecule has 1 aliphatic heterocycles. The minimum Gasteiger partial charge on any atom is -0.343 e. The second kappa shape index (κ2) is 8.50. The molecule has 1 amide bonds. The molecular formula is C19H31N3O3S. The molecule has 7 heteroatoms. The lowest BCUT2D eigenvalue weighted by molar-refractivity contribution is -0.132. The lowest BCUT2D eigenvalue weighted by atomic mass is 9.91. The van der Waals surface area contributed by atoms with Crippen molar-refractivity contribution in [3.8, 4) is 0 Å². The van der Waals surface area contributed by atoms with Crippen molar-refractivity contribution in [3.63, 3.8) is 0 Å². The van der Waals surface area contributed by atoms with E-state index in [1.165, 1.54) is 0 Å². The second-order valence-electron chi connectivity index (χ2n) is 7.45. The number of nitrogens with one attached hydrogen (secondary N) is 1. The fourth-order valence-corrected chi connectivity index (χ4v) is 5.27. The Balaban J connectivity index is 1.90. The van der Waals surface area contributed by atoms with Gasteiger partial charge in [-0.25, -0.2) is 13.1 Å². The van der Waals surface area contributed by atoms with Gasteiger partial charge in [0.05, 0.1) is 4.90 Å². The van der Waals surface area contributed by atoms with Crippen LogP contribution in [-0.4, -0.2) is 44.9 Å². The summed E-state index contributed by atoms with van der Waals surface area (Å²) in [6.07, 6.45) is 2.00. The molecule has 0 aliphatic carbocycles. The molecule has 0 saturated carbocycles. The van der Waals surface area contributed by atoms with Crippen LogP contribution in [0, 0.1) is 26.7 Å². The molecule has 1 aromatic carbocycles. The molecule has 0 aromatic heterocycles. The van der Waals surface area contributed by atoms with Gasteiger partial charge in [0.1, 0.15) is 0 Å². The van der Waals surface area contributed by atoms with Gasteiger partial charge in [-0.2, -0.15) is 0 Å². The van der Waals surface area contributed by atoms with E-state index in [1.807, 2.05) is 30.9 Å². The molecule has 6 nitrogen and oxygen atoms in total. The number of rotatable bonds is 6. The minimum absolute atomic E-state index is 0.00632. The summed E-state index contributed by atoms with van der Waals surface area (Å²) in [5, 5.41) is 0. The first-order valence-electron chi connectivity index (χ1n) is 9.22. The number of aryl methyl sites for hydroxylation is 3. The first kappa shape index (κ1) is 20.9. The van der Waals surface area contributed by atoms with Crippen molar-refractivity contribution in [3.05, 3.63) is 28.8 Å². The number of hydrogen-bond donors (Lipinski definition) is 2. The minimum atomic E-state index is -3.62. The number of carbonyl (C=O) groups excluding carboxylic acids is 1. The lowest BCUT2D eigenvalue weighted by Crippen LogP contribution is -2.43. The van der Waals surface area contributed by atoms with Crippen molar-refractivity contribution in [2.75, 3.05) is 19.6 Å². The van der Waals surface area contributed by atoms with Crippen LogP contribution in [0.15, 0.2) is 17.0 Å². The van der Waals surface area contributed by atoms with Crippen molar-refractivity contribution < 1.29 is 13.2 Å². The van der Waals surface area contributed by atoms with Crippen molar-refractivity contribution in [2.24, 2.45) is 11.7 Å². The van der Waals surface area contributed by atoms with Gasteiger partial charge in [-0.1, -0.05) is 17.7 Å². The maximum absolute atomic E-state index is 12.6. The quantitative estimate of drug-likeness (QED) is 0.787. The Kier molecular flexibility index (Phi) is 6.82. The maximum Gasteiger partial charge on any atom is 0.241 e. The van der Waals surface area contributed by atoms with Crippen molar-refractivity contribution in [1.29, 1.82) is 0 Å². The molecule has 0 spiro atoms. The number of nitrogens with zero attached hydrogens (tertiary/aromatic N) is 1. The summed E-state index contributed by atoms with van der Waals surface area (Å²) in [4.78, 5) is 14.5. The highest BCUT2D eigenvalue weighted by molar-refractivity contribution is 7.89. The molecule has 146 valence electrons. The number of likely N-dealkylation sites (tertiary alicyclic amines) is 1. The Morgan fingerprint density at radius 1 is 1.23 bits per heavy atom. The van der Waals surface area contributed by atoms with Gasteiger partial charge in [0, 0.05) is 32.1 Å². The monoisotopic (exact) mass is 381 g/mol. The third kappa shape index (κ3) is 5.05. The highest BCUT2D eigenvalue weighted by Gasteiger charge is 2.25. The van der Waals surface area contributed by atoms with Crippen LogP contribution in [0.2, 0.25) is 0 Å². The number of piperidine rings is 1. The van der Waals surface area contributed by atoms with E-state index < -0.39 is 10.0 Å². The average molecular weight is 382 g/mol. The third-order valence-electron chi connectivity index (χ3n) is 5.14. The molecule has 0 radical (unpaired) electrons. The van der Waals surface area contributed by atoms with Crippen molar-refractivity contribution in [1.82, 2.24) is 9.62 Å². The zero-order valence-corrected chi connectivity index (χ0v) is 17.0. The molecule has 1 aliphatic rings. The zero-order chi connectivity index (χ0) is 19.5. The molecule has 26 heavy (non-hydrogen) atoms. The Morgan fingerprint density at radius 2 is 1.77 bits per heavy atom. The van der Waals surface area contributed by atoms with Crippen molar-refractivity contribution >= 4 is 15.9 Å². The van der Waals surface area contributed by atoms with E-state index in [0.717, 1.165) is 29.5 Å². The van der Waals surface area contributed by atoms with Gasteiger partial charge in [0.2, 0.25) is 15.9 Å². The SMILES string of the molecule is Cc1cc(C)c(S(=O)(=O)NCCC(=O)N2CCC(C(C)N)CC2)c(C)c1. The summed E-state index contributed by atoms with van der Waals surface area (Å²) in [6.45, 7) is 9.05. The summed E-state index contributed by atoms with van der Waals surface area (Å²) in [5.41, 5.74) is 8.40. The third-order valence-corrected chi connectivity index (χ3v) is 6.91. The summed E-state index contributed by atoms with van der Waals surface area (Å²) in [6, 6.07) is 3.87. The molecular weight excluding hydrogens is 350 g/mol. The fraction of sp³-hybridized carbons (Fsp3) is 0.632. The van der Waals surface area contributed by atoms with Crippen molar-refractivity contribution in [2.45, 2.75) is 57.9 Å². The first-order chi connectivity index (χ1) is 12.1. The van der Waals surface area contributed by atoms with Gasteiger partial charge in [-0.3, -0.25) is 4.79 Å². The molecule has 0 bridgehead atoms. The van der Waals surface area contributed by atoms with Gasteiger partial charge in [0.15, 0.2) is 0 Å². The Hall–Kier alpha value is -1.44. The van der Waals surface area contributed by atoms with E-state index in [9.17, 15) is 13.2 Å². The number of benzene rings is 1. The summed E-state index contributed by atoms with van der Waals surface area (Å²) in [5.74, 6) is 0.457. The number of hydrogen-bond acceptors (Lipinski definition) is 4. The Bertz CT molecular complexity index is 728. The van der Waals surface area contributed by atoms with E-state index in [-0.39, 0.29) is 24.9 Å². The van der Waals surface area contributed by atoms with Gasteiger partial charge in [-0.15, -0.1) is 0 Å².